The van der Waals surface area contributed by atoms with Crippen LogP contribution >= 0.6 is 0 Å². The molecular weight excluding hydrogens is 248 g/mol. The number of carbonyl (C=O) groups is 2. The third kappa shape index (κ3) is 3.67. The van der Waals surface area contributed by atoms with Crippen LogP contribution in [0.5, 0.6) is 5.75 Å². The first-order chi connectivity index (χ1) is 9.01. The minimum Gasteiger partial charge on any atom is -0.494 e. The van der Waals surface area contributed by atoms with Crippen LogP contribution in [-0.4, -0.2) is 46.6 Å². The summed E-state index contributed by atoms with van der Waals surface area (Å²) >= 11 is 0. The molecule has 1 rings (SSSR count). The molecular formula is C13H18N2O4. The van der Waals surface area contributed by atoms with Gasteiger partial charge in [0.05, 0.1) is 18.9 Å². The van der Waals surface area contributed by atoms with Crippen LogP contribution < -0.4 is 4.74 Å². The number of hydrogen-bond acceptors (Lipinski definition) is 4. The third-order valence-corrected chi connectivity index (χ3v) is 2.92. The number of carboxylic acid groups (broad SMARTS) is 1. The molecule has 0 bridgehead atoms. The standard InChI is InChI=1S/C13H18N2O4/c1-4-9(2)15(8-12(16)17)13(18)10-5-6-14-7-11(10)19-3/h5-7,9H,4,8H2,1-3H3,(H,16,17). The summed E-state index contributed by atoms with van der Waals surface area (Å²) in [7, 11) is 1.44. The maximum absolute atomic E-state index is 12.4. The molecule has 0 spiro atoms. The predicted molar refractivity (Wildman–Crippen MR) is 69.2 cm³/mol. The topological polar surface area (TPSA) is 79.7 Å². The van der Waals surface area contributed by atoms with Crippen molar-refractivity contribution in [3.63, 3.8) is 0 Å². The van der Waals surface area contributed by atoms with E-state index in [1.165, 1.54) is 30.5 Å². The Kier molecular flexibility index (Phi) is 5.29. The molecule has 0 aromatic carbocycles. The highest BCUT2D eigenvalue weighted by Crippen LogP contribution is 2.19. The van der Waals surface area contributed by atoms with Gasteiger partial charge < -0.3 is 14.7 Å². The van der Waals surface area contributed by atoms with Crippen molar-refractivity contribution in [2.75, 3.05) is 13.7 Å². The Labute approximate surface area is 112 Å². The molecule has 1 heterocycles. The summed E-state index contributed by atoms with van der Waals surface area (Å²) in [5, 5.41) is 8.91. The molecule has 1 unspecified atom stereocenters. The fourth-order valence-electron chi connectivity index (χ4n) is 1.67. The van der Waals surface area contributed by atoms with Crippen LogP contribution in [0.3, 0.4) is 0 Å². The summed E-state index contributed by atoms with van der Waals surface area (Å²) in [6, 6.07) is 1.36. The Balaban J connectivity index is 3.08. The zero-order chi connectivity index (χ0) is 14.4. The number of methoxy groups -OCH3 is 1. The van der Waals surface area contributed by atoms with E-state index in [1.54, 1.807) is 0 Å². The van der Waals surface area contributed by atoms with Crippen LogP contribution in [0.2, 0.25) is 0 Å². The number of amides is 1. The molecule has 1 aromatic rings. The van der Waals surface area contributed by atoms with Crippen molar-refractivity contribution in [3.8, 4) is 5.75 Å². The highest BCUT2D eigenvalue weighted by Gasteiger charge is 2.25. The molecule has 6 heteroatoms. The zero-order valence-electron chi connectivity index (χ0n) is 11.3. The number of nitrogens with zero attached hydrogens (tertiary/aromatic N) is 2. The van der Waals surface area contributed by atoms with Crippen molar-refractivity contribution in [3.05, 3.63) is 24.0 Å². The smallest absolute Gasteiger partial charge is 0.323 e. The maximum atomic E-state index is 12.4. The quantitative estimate of drug-likeness (QED) is 0.842. The van der Waals surface area contributed by atoms with Gasteiger partial charge in [-0.1, -0.05) is 6.92 Å². The zero-order valence-corrected chi connectivity index (χ0v) is 11.3. The van der Waals surface area contributed by atoms with Gasteiger partial charge in [-0.05, 0) is 19.4 Å². The number of hydrogen-bond donors (Lipinski definition) is 1. The SMILES string of the molecule is CCC(C)N(CC(=O)O)C(=O)c1ccncc1OC. The number of pyridine rings is 1. The summed E-state index contributed by atoms with van der Waals surface area (Å²) in [5.41, 5.74) is 0.319. The van der Waals surface area contributed by atoms with Gasteiger partial charge in [0.1, 0.15) is 12.3 Å². The van der Waals surface area contributed by atoms with Gasteiger partial charge in [0.15, 0.2) is 0 Å². The van der Waals surface area contributed by atoms with E-state index >= 15 is 0 Å². The Bertz CT molecular complexity index is 462. The van der Waals surface area contributed by atoms with Crippen LogP contribution in [0.1, 0.15) is 30.6 Å². The Morgan fingerprint density at radius 2 is 2.21 bits per heavy atom. The van der Waals surface area contributed by atoms with Gasteiger partial charge in [-0.25, -0.2) is 0 Å². The second kappa shape index (κ2) is 6.72. The van der Waals surface area contributed by atoms with Crippen molar-refractivity contribution >= 4 is 11.9 Å². The first-order valence-electron chi connectivity index (χ1n) is 6.02. The molecule has 104 valence electrons. The Morgan fingerprint density at radius 3 is 2.74 bits per heavy atom. The molecule has 0 saturated heterocycles. The minimum atomic E-state index is -1.04. The molecule has 6 nitrogen and oxygen atoms in total. The maximum Gasteiger partial charge on any atom is 0.323 e. The Hall–Kier alpha value is -2.11. The van der Waals surface area contributed by atoms with E-state index in [1.807, 2.05) is 13.8 Å². The molecule has 0 saturated carbocycles. The van der Waals surface area contributed by atoms with Gasteiger partial charge in [-0.3, -0.25) is 14.6 Å². The van der Waals surface area contributed by atoms with Crippen LogP contribution in [0.15, 0.2) is 18.5 Å². The third-order valence-electron chi connectivity index (χ3n) is 2.92. The lowest BCUT2D eigenvalue weighted by Crippen LogP contribution is -2.42. The predicted octanol–water partition coefficient (Wildman–Crippen LogP) is 1.42. The van der Waals surface area contributed by atoms with Gasteiger partial charge >= 0.3 is 5.97 Å². The van der Waals surface area contributed by atoms with E-state index in [0.717, 1.165) is 0 Å². The minimum absolute atomic E-state index is 0.165. The van der Waals surface area contributed by atoms with Crippen molar-refractivity contribution in [1.29, 1.82) is 0 Å². The first kappa shape index (κ1) is 14.9. The normalized spacial score (nSPS) is 11.7. The monoisotopic (exact) mass is 266 g/mol. The number of aliphatic carboxylic acids is 1. The summed E-state index contributed by atoms with van der Waals surface area (Å²) in [6.45, 7) is 3.38. The van der Waals surface area contributed by atoms with Gasteiger partial charge in [0, 0.05) is 12.2 Å². The molecule has 0 radical (unpaired) electrons. The van der Waals surface area contributed by atoms with Crippen LogP contribution in [0.25, 0.3) is 0 Å². The summed E-state index contributed by atoms with van der Waals surface area (Å²) < 4.78 is 5.08. The number of carbonyl (C=O) groups excluding carboxylic acids is 1. The van der Waals surface area contributed by atoms with Crippen LogP contribution in [0.4, 0.5) is 0 Å². The van der Waals surface area contributed by atoms with Gasteiger partial charge in [-0.2, -0.15) is 0 Å². The molecule has 0 aliphatic rings. The highest BCUT2D eigenvalue weighted by molar-refractivity contribution is 5.98. The summed E-state index contributed by atoms with van der Waals surface area (Å²) in [4.78, 5) is 28.5. The van der Waals surface area contributed by atoms with Gasteiger partial charge in [0.2, 0.25) is 0 Å². The summed E-state index contributed by atoms with van der Waals surface area (Å²) in [6.07, 6.45) is 3.58. The second-order valence-corrected chi connectivity index (χ2v) is 4.16. The Morgan fingerprint density at radius 1 is 1.53 bits per heavy atom. The van der Waals surface area contributed by atoms with E-state index < -0.39 is 5.97 Å². The fourth-order valence-corrected chi connectivity index (χ4v) is 1.67. The number of rotatable bonds is 6. The molecule has 19 heavy (non-hydrogen) atoms. The summed E-state index contributed by atoms with van der Waals surface area (Å²) in [5.74, 6) is -1.07. The lowest BCUT2D eigenvalue weighted by molar-refractivity contribution is -0.138. The van der Waals surface area contributed by atoms with Crippen LogP contribution in [0, 0.1) is 0 Å². The van der Waals surface area contributed by atoms with E-state index in [4.69, 9.17) is 9.84 Å². The molecule has 0 aliphatic carbocycles. The van der Waals surface area contributed by atoms with E-state index in [2.05, 4.69) is 4.98 Å². The number of aromatic nitrogens is 1. The number of carboxylic acids is 1. The second-order valence-electron chi connectivity index (χ2n) is 4.16. The number of ether oxygens (including phenoxy) is 1. The van der Waals surface area contributed by atoms with E-state index in [9.17, 15) is 9.59 Å². The van der Waals surface area contributed by atoms with Gasteiger partial charge in [0.25, 0.3) is 5.91 Å². The first-order valence-corrected chi connectivity index (χ1v) is 6.02. The van der Waals surface area contributed by atoms with E-state index in [0.29, 0.717) is 17.7 Å². The van der Waals surface area contributed by atoms with Crippen molar-refractivity contribution in [2.45, 2.75) is 26.3 Å². The lowest BCUT2D eigenvalue weighted by atomic mass is 10.1. The molecule has 1 atom stereocenters. The fraction of sp³-hybridized carbons (Fsp3) is 0.462. The average Bonchev–Trinajstić information content (AvgIpc) is 2.42. The lowest BCUT2D eigenvalue weighted by Gasteiger charge is -2.27. The molecule has 0 aliphatic heterocycles. The molecule has 1 aromatic heterocycles. The molecule has 0 fully saturated rings. The molecule has 1 N–H and O–H groups in total. The van der Waals surface area contributed by atoms with Crippen molar-refractivity contribution in [1.82, 2.24) is 9.88 Å². The van der Waals surface area contributed by atoms with Gasteiger partial charge in [-0.15, -0.1) is 0 Å². The van der Waals surface area contributed by atoms with Crippen molar-refractivity contribution < 1.29 is 19.4 Å². The van der Waals surface area contributed by atoms with E-state index in [-0.39, 0.29) is 18.5 Å². The largest absolute Gasteiger partial charge is 0.494 e. The highest BCUT2D eigenvalue weighted by atomic mass is 16.5. The van der Waals surface area contributed by atoms with Crippen LogP contribution in [-0.2, 0) is 4.79 Å². The average molecular weight is 266 g/mol. The molecule has 1 amide bonds. The van der Waals surface area contributed by atoms with Crippen molar-refractivity contribution in [2.24, 2.45) is 0 Å².